The normalized spacial score (nSPS) is 12.5. The summed E-state index contributed by atoms with van der Waals surface area (Å²) in [4.78, 5) is 11.6. The van der Waals surface area contributed by atoms with E-state index in [-0.39, 0.29) is 0 Å². The van der Waals surface area contributed by atoms with Crippen LogP contribution >= 0.6 is 0 Å². The highest BCUT2D eigenvalue weighted by Gasteiger charge is 2.30. The maximum Gasteiger partial charge on any atom is 0.416 e. The van der Waals surface area contributed by atoms with Crippen molar-refractivity contribution in [1.29, 1.82) is 0 Å². The predicted octanol–water partition coefficient (Wildman–Crippen LogP) is 7.03. The molecule has 0 aliphatic carbocycles. The van der Waals surface area contributed by atoms with Crippen molar-refractivity contribution in [1.82, 2.24) is 0 Å². The topological polar surface area (TPSA) is 37.3 Å². The van der Waals surface area contributed by atoms with Crippen molar-refractivity contribution in [3.8, 4) is 11.1 Å². The molecule has 0 saturated carbocycles. The molecule has 3 aromatic carbocycles. The monoisotopic (exact) mass is 426 g/mol. The first-order valence-electron chi connectivity index (χ1n) is 10.4. The summed E-state index contributed by atoms with van der Waals surface area (Å²) in [6, 6.07) is 22.6. The Balaban J connectivity index is 1.56. The van der Waals surface area contributed by atoms with Gasteiger partial charge in [-0.25, -0.2) is 0 Å². The van der Waals surface area contributed by atoms with Gasteiger partial charge < -0.3 is 5.11 Å². The van der Waals surface area contributed by atoms with E-state index in [2.05, 4.69) is 0 Å². The second-order valence-corrected chi connectivity index (χ2v) is 7.73. The summed E-state index contributed by atoms with van der Waals surface area (Å²) in [6.07, 6.45) is -0.932. The smallest absolute Gasteiger partial charge is 0.416 e. The molecule has 0 spiro atoms. The minimum Gasteiger partial charge on any atom is -0.481 e. The van der Waals surface area contributed by atoms with E-state index in [4.69, 9.17) is 0 Å². The second kappa shape index (κ2) is 10.3. The molecule has 162 valence electrons. The third-order valence-electron chi connectivity index (χ3n) is 5.47. The molecule has 1 N–H and O–H groups in total. The Morgan fingerprint density at radius 3 is 2.10 bits per heavy atom. The predicted molar refractivity (Wildman–Crippen MR) is 116 cm³/mol. The maximum atomic E-state index is 12.9. The fourth-order valence-corrected chi connectivity index (χ4v) is 3.67. The molecule has 1 unspecified atom stereocenters. The number of carboxylic acids is 1. The highest BCUT2D eigenvalue weighted by molar-refractivity contribution is 5.70. The number of aryl methyl sites for hydroxylation is 2. The Morgan fingerprint density at radius 1 is 0.774 bits per heavy atom. The van der Waals surface area contributed by atoms with Gasteiger partial charge in [0.2, 0.25) is 0 Å². The van der Waals surface area contributed by atoms with Crippen LogP contribution in [0, 0.1) is 5.92 Å². The molecule has 0 aromatic heterocycles. The van der Waals surface area contributed by atoms with Gasteiger partial charge >= 0.3 is 12.1 Å². The highest BCUT2D eigenvalue weighted by atomic mass is 19.4. The Hall–Kier alpha value is -3.08. The molecule has 0 aliphatic rings. The number of benzene rings is 3. The van der Waals surface area contributed by atoms with E-state index in [1.54, 1.807) is 18.2 Å². The second-order valence-electron chi connectivity index (χ2n) is 7.73. The average Bonchev–Trinajstić information content (AvgIpc) is 2.76. The Bertz CT molecular complexity index is 980. The number of rotatable bonds is 9. The lowest BCUT2D eigenvalue weighted by atomic mass is 9.93. The van der Waals surface area contributed by atoms with Gasteiger partial charge in [0, 0.05) is 0 Å². The zero-order chi connectivity index (χ0) is 22.3. The first kappa shape index (κ1) is 22.6. The van der Waals surface area contributed by atoms with Crippen LogP contribution in [-0.4, -0.2) is 11.1 Å². The lowest BCUT2D eigenvalue weighted by Crippen LogP contribution is -2.15. The summed E-state index contributed by atoms with van der Waals surface area (Å²) in [5.74, 6) is -1.19. The molecular weight excluding hydrogens is 401 g/mol. The Morgan fingerprint density at radius 2 is 1.45 bits per heavy atom. The molecule has 0 fully saturated rings. The first-order chi connectivity index (χ1) is 14.8. The average molecular weight is 426 g/mol. The Labute approximate surface area is 180 Å². The van der Waals surface area contributed by atoms with Gasteiger partial charge in [0.15, 0.2) is 0 Å². The molecule has 3 aromatic rings. The van der Waals surface area contributed by atoms with Crippen molar-refractivity contribution in [2.24, 2.45) is 5.92 Å². The number of hydrogen-bond donors (Lipinski definition) is 1. The molecule has 31 heavy (non-hydrogen) atoms. The van der Waals surface area contributed by atoms with Crippen molar-refractivity contribution < 1.29 is 23.1 Å². The molecule has 3 rings (SSSR count). The van der Waals surface area contributed by atoms with Crippen LogP contribution in [0.25, 0.3) is 11.1 Å². The molecule has 0 heterocycles. The fourth-order valence-electron chi connectivity index (χ4n) is 3.67. The summed E-state index contributed by atoms with van der Waals surface area (Å²) in [5, 5.41) is 9.54. The van der Waals surface area contributed by atoms with Crippen LogP contribution < -0.4 is 0 Å². The third-order valence-corrected chi connectivity index (χ3v) is 5.47. The van der Waals surface area contributed by atoms with Crippen LogP contribution in [0.5, 0.6) is 0 Å². The van der Waals surface area contributed by atoms with E-state index < -0.39 is 23.6 Å². The van der Waals surface area contributed by atoms with Crippen LogP contribution in [0.15, 0.2) is 78.9 Å². The van der Waals surface area contributed by atoms with E-state index in [9.17, 15) is 23.1 Å². The molecule has 1 atom stereocenters. The van der Waals surface area contributed by atoms with Crippen LogP contribution in [-0.2, 0) is 23.8 Å². The van der Waals surface area contributed by atoms with Gasteiger partial charge in [-0.2, -0.15) is 13.2 Å². The van der Waals surface area contributed by atoms with E-state index >= 15 is 0 Å². The number of alkyl halides is 3. The minimum atomic E-state index is -4.37. The SMILES string of the molecule is O=C(O)C(CCCc1ccccc1)CCc1ccc(-c2cccc(C(F)(F)F)c2)cc1. The van der Waals surface area contributed by atoms with Gasteiger partial charge in [-0.3, -0.25) is 4.79 Å². The number of hydrogen-bond acceptors (Lipinski definition) is 1. The molecule has 0 saturated heterocycles. The van der Waals surface area contributed by atoms with E-state index in [1.165, 1.54) is 11.6 Å². The zero-order valence-electron chi connectivity index (χ0n) is 17.1. The van der Waals surface area contributed by atoms with Gasteiger partial charge in [-0.15, -0.1) is 0 Å². The lowest BCUT2D eigenvalue weighted by Gasteiger charge is -2.13. The maximum absolute atomic E-state index is 12.9. The molecule has 0 amide bonds. The van der Waals surface area contributed by atoms with Gasteiger partial charge in [-0.05, 0) is 66.5 Å². The summed E-state index contributed by atoms with van der Waals surface area (Å²) in [6.45, 7) is 0. The van der Waals surface area contributed by atoms with Crippen molar-refractivity contribution in [2.45, 2.75) is 38.3 Å². The molecule has 0 aliphatic heterocycles. The first-order valence-corrected chi connectivity index (χ1v) is 10.4. The fraction of sp³-hybridized carbons (Fsp3) is 0.269. The largest absolute Gasteiger partial charge is 0.481 e. The summed E-state index contributed by atoms with van der Waals surface area (Å²) in [7, 11) is 0. The quantitative estimate of drug-likeness (QED) is 0.399. The summed E-state index contributed by atoms with van der Waals surface area (Å²) < 4.78 is 38.8. The summed E-state index contributed by atoms with van der Waals surface area (Å²) in [5.41, 5.74) is 2.72. The van der Waals surface area contributed by atoms with Crippen molar-refractivity contribution in [2.75, 3.05) is 0 Å². The van der Waals surface area contributed by atoms with Crippen LogP contribution in [0.1, 0.15) is 36.0 Å². The molecular formula is C26H25F3O2. The van der Waals surface area contributed by atoms with Crippen LogP contribution in [0.3, 0.4) is 0 Å². The van der Waals surface area contributed by atoms with Crippen LogP contribution in [0.2, 0.25) is 0 Å². The van der Waals surface area contributed by atoms with Gasteiger partial charge in [0.05, 0.1) is 11.5 Å². The van der Waals surface area contributed by atoms with E-state index in [0.29, 0.717) is 30.4 Å². The van der Waals surface area contributed by atoms with Crippen molar-refractivity contribution in [3.05, 3.63) is 95.6 Å². The van der Waals surface area contributed by atoms with Gasteiger partial charge in [-0.1, -0.05) is 66.7 Å². The van der Waals surface area contributed by atoms with Crippen molar-refractivity contribution >= 4 is 5.97 Å². The number of carbonyl (C=O) groups is 1. The lowest BCUT2D eigenvalue weighted by molar-refractivity contribution is -0.142. The minimum absolute atomic E-state index is 0.410. The molecule has 2 nitrogen and oxygen atoms in total. The van der Waals surface area contributed by atoms with E-state index in [1.807, 2.05) is 42.5 Å². The standard InChI is InChI=1S/C26H25F3O2/c27-26(28,29)24-11-5-10-23(18-24)21-15-12-20(13-16-21)14-17-22(25(30)31)9-4-8-19-6-2-1-3-7-19/h1-3,5-7,10-13,15-16,18,22H,4,8-9,14,17H2,(H,30,31). The third kappa shape index (κ3) is 6.71. The van der Waals surface area contributed by atoms with Crippen molar-refractivity contribution in [3.63, 3.8) is 0 Å². The summed E-state index contributed by atoms with van der Waals surface area (Å²) >= 11 is 0. The molecule has 0 bridgehead atoms. The molecule has 5 heteroatoms. The number of halogens is 3. The van der Waals surface area contributed by atoms with E-state index in [0.717, 1.165) is 30.5 Å². The highest BCUT2D eigenvalue weighted by Crippen LogP contribution is 2.32. The van der Waals surface area contributed by atoms with Gasteiger partial charge in [0.1, 0.15) is 0 Å². The Kier molecular flexibility index (Phi) is 7.50. The number of aliphatic carboxylic acids is 1. The molecule has 0 radical (unpaired) electrons. The zero-order valence-corrected chi connectivity index (χ0v) is 17.1. The van der Waals surface area contributed by atoms with Crippen LogP contribution in [0.4, 0.5) is 13.2 Å². The van der Waals surface area contributed by atoms with Gasteiger partial charge in [0.25, 0.3) is 0 Å². The number of carboxylic acid groups (broad SMARTS) is 1.